The molecule has 0 unspecified atom stereocenters. The SMILES string of the molecule is COc1ccc(C2(F)CC2)cc1. The Labute approximate surface area is 71.2 Å². The average Bonchev–Trinajstić information content (AvgIpc) is 2.85. The predicted octanol–water partition coefficient (Wildman–Crippen LogP) is 2.65. The fourth-order valence-electron chi connectivity index (χ4n) is 1.29. The van der Waals surface area contributed by atoms with E-state index in [0.29, 0.717) is 12.8 Å². The van der Waals surface area contributed by atoms with Gasteiger partial charge in [-0.1, -0.05) is 12.1 Å². The predicted molar refractivity (Wildman–Crippen MR) is 45.0 cm³/mol. The van der Waals surface area contributed by atoms with Crippen molar-refractivity contribution in [2.24, 2.45) is 0 Å². The molecule has 0 N–H and O–H groups in total. The van der Waals surface area contributed by atoms with E-state index in [0.717, 1.165) is 11.3 Å². The molecular weight excluding hydrogens is 155 g/mol. The topological polar surface area (TPSA) is 9.23 Å². The number of hydrogen-bond donors (Lipinski definition) is 0. The highest BCUT2D eigenvalue weighted by molar-refractivity contribution is 5.33. The number of ether oxygens (including phenoxy) is 1. The Bertz CT molecular complexity index is 274. The number of rotatable bonds is 2. The summed E-state index contributed by atoms with van der Waals surface area (Å²) in [5.74, 6) is 0.781. The molecule has 1 aromatic rings. The van der Waals surface area contributed by atoms with Crippen molar-refractivity contribution in [3.63, 3.8) is 0 Å². The molecule has 1 fully saturated rings. The van der Waals surface area contributed by atoms with Crippen LogP contribution in [0.5, 0.6) is 5.75 Å². The van der Waals surface area contributed by atoms with Crippen molar-refractivity contribution in [2.75, 3.05) is 7.11 Å². The summed E-state index contributed by atoms with van der Waals surface area (Å²) >= 11 is 0. The molecule has 12 heavy (non-hydrogen) atoms. The van der Waals surface area contributed by atoms with E-state index in [1.165, 1.54) is 0 Å². The van der Waals surface area contributed by atoms with Gasteiger partial charge in [0.1, 0.15) is 11.4 Å². The van der Waals surface area contributed by atoms with Crippen LogP contribution in [0.1, 0.15) is 18.4 Å². The van der Waals surface area contributed by atoms with Crippen LogP contribution in [0.25, 0.3) is 0 Å². The van der Waals surface area contributed by atoms with Crippen LogP contribution in [0.3, 0.4) is 0 Å². The molecule has 1 aliphatic rings. The maximum atomic E-state index is 13.4. The first kappa shape index (κ1) is 7.59. The number of hydrogen-bond acceptors (Lipinski definition) is 1. The molecule has 0 bridgehead atoms. The largest absolute Gasteiger partial charge is 0.497 e. The van der Waals surface area contributed by atoms with Gasteiger partial charge in [0.05, 0.1) is 7.11 Å². The summed E-state index contributed by atoms with van der Waals surface area (Å²) < 4.78 is 18.4. The quantitative estimate of drug-likeness (QED) is 0.656. The third-order valence-electron chi connectivity index (χ3n) is 2.30. The summed E-state index contributed by atoms with van der Waals surface area (Å²) in [5, 5.41) is 0. The first-order valence-corrected chi connectivity index (χ1v) is 4.08. The standard InChI is InChI=1S/C10H11FO/c1-12-9-4-2-8(3-5-9)10(11)6-7-10/h2-5H,6-7H2,1H3. The molecule has 1 aliphatic carbocycles. The second-order valence-corrected chi connectivity index (χ2v) is 3.19. The van der Waals surface area contributed by atoms with E-state index in [9.17, 15) is 4.39 Å². The van der Waals surface area contributed by atoms with Crippen LogP contribution in [0.4, 0.5) is 4.39 Å². The van der Waals surface area contributed by atoms with Crippen LogP contribution in [-0.4, -0.2) is 7.11 Å². The van der Waals surface area contributed by atoms with Crippen LogP contribution in [0.15, 0.2) is 24.3 Å². The van der Waals surface area contributed by atoms with Gasteiger partial charge in [0.2, 0.25) is 0 Å². The van der Waals surface area contributed by atoms with Gasteiger partial charge in [-0.25, -0.2) is 4.39 Å². The van der Waals surface area contributed by atoms with E-state index in [1.54, 1.807) is 31.4 Å². The number of alkyl halides is 1. The Morgan fingerprint density at radius 1 is 1.25 bits per heavy atom. The summed E-state index contributed by atoms with van der Waals surface area (Å²) in [7, 11) is 1.61. The zero-order chi connectivity index (χ0) is 8.60. The minimum Gasteiger partial charge on any atom is -0.497 e. The van der Waals surface area contributed by atoms with Gasteiger partial charge in [-0.05, 0) is 30.5 Å². The van der Waals surface area contributed by atoms with Gasteiger partial charge in [-0.2, -0.15) is 0 Å². The second kappa shape index (κ2) is 2.47. The van der Waals surface area contributed by atoms with Gasteiger partial charge in [-0.3, -0.25) is 0 Å². The Balaban J connectivity index is 2.25. The van der Waals surface area contributed by atoms with Gasteiger partial charge in [-0.15, -0.1) is 0 Å². The molecule has 0 spiro atoms. The number of methoxy groups -OCH3 is 1. The zero-order valence-corrected chi connectivity index (χ0v) is 7.01. The Morgan fingerprint density at radius 2 is 1.83 bits per heavy atom. The monoisotopic (exact) mass is 166 g/mol. The average molecular weight is 166 g/mol. The molecule has 1 nitrogen and oxygen atoms in total. The molecule has 64 valence electrons. The van der Waals surface area contributed by atoms with Crippen molar-refractivity contribution < 1.29 is 9.13 Å². The molecule has 2 rings (SSSR count). The Morgan fingerprint density at radius 3 is 2.25 bits per heavy atom. The number of halogens is 1. The van der Waals surface area contributed by atoms with Gasteiger partial charge in [0, 0.05) is 0 Å². The maximum Gasteiger partial charge on any atom is 0.136 e. The first-order valence-electron chi connectivity index (χ1n) is 4.08. The number of benzene rings is 1. The minimum absolute atomic E-state index is 0.666. The van der Waals surface area contributed by atoms with E-state index < -0.39 is 5.67 Å². The fraction of sp³-hybridized carbons (Fsp3) is 0.400. The van der Waals surface area contributed by atoms with Gasteiger partial charge < -0.3 is 4.74 Å². The van der Waals surface area contributed by atoms with E-state index >= 15 is 0 Å². The van der Waals surface area contributed by atoms with Gasteiger partial charge >= 0.3 is 0 Å². The lowest BCUT2D eigenvalue weighted by molar-refractivity contribution is 0.317. The minimum atomic E-state index is -1.02. The molecule has 0 saturated heterocycles. The maximum absolute atomic E-state index is 13.4. The summed E-state index contributed by atoms with van der Waals surface area (Å²) in [5.41, 5.74) is -0.241. The van der Waals surface area contributed by atoms with Crippen LogP contribution in [-0.2, 0) is 5.67 Å². The smallest absolute Gasteiger partial charge is 0.136 e. The summed E-state index contributed by atoms with van der Waals surface area (Å²) in [6, 6.07) is 7.20. The van der Waals surface area contributed by atoms with E-state index in [-0.39, 0.29) is 0 Å². The third kappa shape index (κ3) is 1.17. The third-order valence-corrected chi connectivity index (χ3v) is 2.30. The molecule has 0 heterocycles. The fourth-order valence-corrected chi connectivity index (χ4v) is 1.29. The highest BCUT2D eigenvalue weighted by Gasteiger charge is 2.44. The van der Waals surface area contributed by atoms with Crippen LogP contribution >= 0.6 is 0 Å². The normalized spacial score (nSPS) is 18.8. The van der Waals surface area contributed by atoms with Crippen LogP contribution < -0.4 is 4.74 Å². The molecular formula is C10H11FO. The summed E-state index contributed by atoms with van der Waals surface area (Å²) in [6.07, 6.45) is 1.33. The van der Waals surface area contributed by atoms with E-state index in [1.807, 2.05) is 0 Å². The Hall–Kier alpha value is -1.05. The van der Waals surface area contributed by atoms with Crippen LogP contribution in [0.2, 0.25) is 0 Å². The lowest BCUT2D eigenvalue weighted by Crippen LogP contribution is -1.96. The summed E-state index contributed by atoms with van der Waals surface area (Å²) in [4.78, 5) is 0. The molecule has 0 atom stereocenters. The summed E-state index contributed by atoms with van der Waals surface area (Å²) in [6.45, 7) is 0. The van der Waals surface area contributed by atoms with E-state index in [2.05, 4.69) is 0 Å². The van der Waals surface area contributed by atoms with Crippen molar-refractivity contribution in [3.8, 4) is 5.75 Å². The van der Waals surface area contributed by atoms with Crippen LogP contribution in [0, 0.1) is 0 Å². The highest BCUT2D eigenvalue weighted by Crippen LogP contribution is 2.49. The van der Waals surface area contributed by atoms with Crippen molar-refractivity contribution in [1.82, 2.24) is 0 Å². The van der Waals surface area contributed by atoms with Crippen molar-refractivity contribution in [2.45, 2.75) is 18.5 Å². The molecule has 0 radical (unpaired) electrons. The van der Waals surface area contributed by atoms with Gasteiger partial charge in [0.15, 0.2) is 0 Å². The lowest BCUT2D eigenvalue weighted by atomic mass is 10.1. The molecule has 0 aliphatic heterocycles. The van der Waals surface area contributed by atoms with Crippen molar-refractivity contribution in [3.05, 3.63) is 29.8 Å². The molecule has 2 heteroatoms. The molecule has 0 amide bonds. The Kier molecular flexibility index (Phi) is 1.56. The van der Waals surface area contributed by atoms with E-state index in [4.69, 9.17) is 4.74 Å². The molecule has 1 aromatic carbocycles. The van der Waals surface area contributed by atoms with Crippen molar-refractivity contribution >= 4 is 0 Å². The second-order valence-electron chi connectivity index (χ2n) is 3.19. The van der Waals surface area contributed by atoms with Gasteiger partial charge in [0.25, 0.3) is 0 Å². The zero-order valence-electron chi connectivity index (χ0n) is 7.01. The molecule has 1 saturated carbocycles. The first-order chi connectivity index (χ1) is 5.74. The molecule has 0 aromatic heterocycles. The van der Waals surface area contributed by atoms with Crippen molar-refractivity contribution in [1.29, 1.82) is 0 Å². The lowest BCUT2D eigenvalue weighted by Gasteiger charge is -2.05. The highest BCUT2D eigenvalue weighted by atomic mass is 19.1.